The van der Waals surface area contributed by atoms with Crippen molar-refractivity contribution >= 4 is 28.8 Å². The molecule has 104 valence electrons. The molecule has 1 amide bonds. The first-order chi connectivity index (χ1) is 9.54. The van der Waals surface area contributed by atoms with Crippen molar-refractivity contribution in [3.63, 3.8) is 0 Å². The Labute approximate surface area is 123 Å². The first-order valence-corrected chi connectivity index (χ1v) is 6.65. The van der Waals surface area contributed by atoms with Crippen LogP contribution >= 0.6 is 12.2 Å². The Morgan fingerprint density at radius 1 is 1.25 bits per heavy atom. The zero-order chi connectivity index (χ0) is 14.5. The van der Waals surface area contributed by atoms with Crippen LogP contribution in [0.2, 0.25) is 0 Å². The molecule has 0 saturated carbocycles. The minimum absolute atomic E-state index is 0.139. The number of thiocarbonyl (C=S) groups is 1. The third-order valence-corrected chi connectivity index (χ3v) is 3.02. The molecule has 2 rings (SSSR count). The molecule has 0 bridgehead atoms. The third kappa shape index (κ3) is 3.93. The molecular weight excluding hydrogens is 272 g/mol. The van der Waals surface area contributed by atoms with Gasteiger partial charge in [-0.3, -0.25) is 4.79 Å². The van der Waals surface area contributed by atoms with Crippen LogP contribution in [-0.2, 0) is 11.3 Å². The maximum atomic E-state index is 11.9. The number of hydrogen-bond donors (Lipinski definition) is 2. The maximum Gasteiger partial charge on any atom is 0.283 e. The fourth-order valence-corrected chi connectivity index (χ4v) is 2.02. The Morgan fingerprint density at radius 2 is 1.95 bits per heavy atom. The normalized spacial score (nSPS) is 10.1. The van der Waals surface area contributed by atoms with E-state index in [1.165, 1.54) is 0 Å². The molecular formula is C15H16N2O2S. The fraction of sp³-hybridized carbons (Fsp3) is 0.200. The number of hydrogen-bond acceptors (Lipinski definition) is 3. The van der Waals surface area contributed by atoms with Crippen molar-refractivity contribution in [2.24, 2.45) is 0 Å². The van der Waals surface area contributed by atoms with E-state index in [1.54, 1.807) is 12.3 Å². The van der Waals surface area contributed by atoms with Crippen LogP contribution in [0.1, 0.15) is 16.9 Å². The summed E-state index contributed by atoms with van der Waals surface area (Å²) >= 11 is 5.05. The first-order valence-electron chi connectivity index (χ1n) is 6.24. The summed E-state index contributed by atoms with van der Waals surface area (Å²) in [5.74, 6) is 0.406. The molecule has 4 nitrogen and oxygen atoms in total. The predicted octanol–water partition coefficient (Wildman–Crippen LogP) is 2.95. The first kappa shape index (κ1) is 14.3. The van der Waals surface area contributed by atoms with Gasteiger partial charge in [-0.2, -0.15) is 0 Å². The molecule has 1 aromatic carbocycles. The summed E-state index contributed by atoms with van der Waals surface area (Å²) in [5.41, 5.74) is 2.93. The largest absolute Gasteiger partial charge is 0.467 e. The SMILES string of the molecule is Cc1cc(C)cc(NC(=O)C(=S)NCc2ccco2)c1. The molecule has 1 aromatic heterocycles. The Morgan fingerprint density at radius 3 is 2.55 bits per heavy atom. The monoisotopic (exact) mass is 288 g/mol. The van der Waals surface area contributed by atoms with Crippen LogP contribution in [-0.4, -0.2) is 10.9 Å². The lowest BCUT2D eigenvalue weighted by atomic mass is 10.1. The summed E-state index contributed by atoms with van der Waals surface area (Å²) in [6, 6.07) is 9.45. The second kappa shape index (κ2) is 6.34. The summed E-state index contributed by atoms with van der Waals surface area (Å²) < 4.78 is 5.16. The van der Waals surface area contributed by atoms with E-state index in [0.717, 1.165) is 22.6 Å². The number of nitrogens with one attached hydrogen (secondary N) is 2. The molecule has 1 heterocycles. The number of anilines is 1. The Hall–Kier alpha value is -2.14. The van der Waals surface area contributed by atoms with E-state index < -0.39 is 0 Å². The molecule has 0 saturated heterocycles. The highest BCUT2D eigenvalue weighted by molar-refractivity contribution is 7.82. The molecule has 2 aromatic rings. The van der Waals surface area contributed by atoms with Gasteiger partial charge in [0.25, 0.3) is 5.91 Å². The van der Waals surface area contributed by atoms with Crippen molar-refractivity contribution in [2.45, 2.75) is 20.4 Å². The van der Waals surface area contributed by atoms with Gasteiger partial charge in [-0.15, -0.1) is 0 Å². The van der Waals surface area contributed by atoms with Gasteiger partial charge in [-0.25, -0.2) is 0 Å². The topological polar surface area (TPSA) is 54.3 Å². The molecule has 5 heteroatoms. The lowest BCUT2D eigenvalue weighted by Gasteiger charge is -2.09. The number of aryl methyl sites for hydroxylation is 2. The maximum absolute atomic E-state index is 11.9. The van der Waals surface area contributed by atoms with Crippen molar-refractivity contribution in [3.05, 3.63) is 53.5 Å². The van der Waals surface area contributed by atoms with Gasteiger partial charge in [-0.1, -0.05) is 18.3 Å². The number of amides is 1. The molecule has 0 aliphatic heterocycles. The van der Waals surface area contributed by atoms with Crippen LogP contribution in [0.4, 0.5) is 5.69 Å². The van der Waals surface area contributed by atoms with Gasteiger partial charge in [0.15, 0.2) is 4.99 Å². The Balaban J connectivity index is 1.92. The molecule has 20 heavy (non-hydrogen) atoms. The lowest BCUT2D eigenvalue weighted by molar-refractivity contribution is -0.110. The van der Waals surface area contributed by atoms with Crippen molar-refractivity contribution < 1.29 is 9.21 Å². The molecule has 0 radical (unpaired) electrons. The van der Waals surface area contributed by atoms with Gasteiger partial charge >= 0.3 is 0 Å². The van der Waals surface area contributed by atoms with Gasteiger partial charge in [0.05, 0.1) is 12.8 Å². The van der Waals surface area contributed by atoms with Crippen LogP contribution in [0, 0.1) is 13.8 Å². The van der Waals surface area contributed by atoms with E-state index in [9.17, 15) is 4.79 Å². The number of carbonyl (C=O) groups excluding carboxylic acids is 1. The zero-order valence-electron chi connectivity index (χ0n) is 11.4. The highest BCUT2D eigenvalue weighted by Crippen LogP contribution is 2.13. The highest BCUT2D eigenvalue weighted by atomic mass is 32.1. The highest BCUT2D eigenvalue weighted by Gasteiger charge is 2.10. The zero-order valence-corrected chi connectivity index (χ0v) is 12.2. The van der Waals surface area contributed by atoms with E-state index in [1.807, 2.05) is 38.1 Å². The number of carbonyl (C=O) groups is 1. The van der Waals surface area contributed by atoms with Crippen molar-refractivity contribution in [2.75, 3.05) is 5.32 Å². The quantitative estimate of drug-likeness (QED) is 0.853. The van der Waals surface area contributed by atoms with Crippen molar-refractivity contribution in [1.82, 2.24) is 5.32 Å². The van der Waals surface area contributed by atoms with Gasteiger partial charge in [0.2, 0.25) is 0 Å². The summed E-state index contributed by atoms with van der Waals surface area (Å²) in [7, 11) is 0. The molecule has 0 spiro atoms. The fourth-order valence-electron chi connectivity index (χ4n) is 1.90. The van der Waals surface area contributed by atoms with Crippen LogP contribution in [0.3, 0.4) is 0 Å². The second-order valence-corrected chi connectivity index (χ2v) is 5.00. The van der Waals surface area contributed by atoms with Crippen LogP contribution in [0.25, 0.3) is 0 Å². The van der Waals surface area contributed by atoms with E-state index in [4.69, 9.17) is 16.6 Å². The van der Waals surface area contributed by atoms with Crippen molar-refractivity contribution in [3.8, 4) is 0 Å². The van der Waals surface area contributed by atoms with Gasteiger partial charge in [0.1, 0.15) is 5.76 Å². The molecule has 0 atom stereocenters. The summed E-state index contributed by atoms with van der Waals surface area (Å²) in [6.45, 7) is 4.36. The van der Waals surface area contributed by atoms with E-state index in [0.29, 0.717) is 6.54 Å². The van der Waals surface area contributed by atoms with E-state index >= 15 is 0 Å². The Bertz CT molecular complexity index is 601. The molecule has 2 N–H and O–H groups in total. The second-order valence-electron chi connectivity index (χ2n) is 4.59. The Kier molecular flexibility index (Phi) is 4.53. The molecule has 0 aliphatic carbocycles. The minimum Gasteiger partial charge on any atom is -0.467 e. The molecule has 0 aliphatic rings. The minimum atomic E-state index is -0.323. The average molecular weight is 288 g/mol. The average Bonchev–Trinajstić information content (AvgIpc) is 2.87. The lowest BCUT2D eigenvalue weighted by Crippen LogP contribution is -2.33. The number of benzene rings is 1. The smallest absolute Gasteiger partial charge is 0.283 e. The van der Waals surface area contributed by atoms with Gasteiger partial charge in [0, 0.05) is 5.69 Å². The summed E-state index contributed by atoms with van der Waals surface area (Å²) in [6.07, 6.45) is 1.58. The molecule has 0 fully saturated rings. The van der Waals surface area contributed by atoms with Crippen molar-refractivity contribution in [1.29, 1.82) is 0 Å². The number of furan rings is 1. The summed E-state index contributed by atoms with van der Waals surface area (Å²) in [4.78, 5) is 12.1. The van der Waals surface area contributed by atoms with Crippen LogP contribution in [0.5, 0.6) is 0 Å². The third-order valence-electron chi connectivity index (χ3n) is 2.69. The van der Waals surface area contributed by atoms with Gasteiger partial charge in [-0.05, 0) is 49.2 Å². The van der Waals surface area contributed by atoms with Crippen LogP contribution < -0.4 is 10.6 Å². The predicted molar refractivity (Wildman–Crippen MR) is 82.7 cm³/mol. The van der Waals surface area contributed by atoms with E-state index in [-0.39, 0.29) is 10.9 Å². The van der Waals surface area contributed by atoms with Gasteiger partial charge < -0.3 is 15.1 Å². The van der Waals surface area contributed by atoms with Crippen LogP contribution in [0.15, 0.2) is 41.0 Å². The summed E-state index contributed by atoms with van der Waals surface area (Å²) in [5, 5.41) is 5.64. The van der Waals surface area contributed by atoms with E-state index in [2.05, 4.69) is 10.6 Å². The number of rotatable bonds is 3. The molecule has 0 unspecified atom stereocenters. The standard InChI is InChI=1S/C15H16N2O2S/c1-10-6-11(2)8-12(7-10)17-14(18)15(20)16-9-13-4-3-5-19-13/h3-8H,9H2,1-2H3,(H,16,20)(H,17,18).